The number of amides is 2. The summed E-state index contributed by atoms with van der Waals surface area (Å²) in [7, 11) is 0. The van der Waals surface area contributed by atoms with Gasteiger partial charge in [0.25, 0.3) is 17.9 Å². The maximum atomic E-state index is 13.7. The fourth-order valence-electron chi connectivity index (χ4n) is 2.80. The highest BCUT2D eigenvalue weighted by Crippen LogP contribution is 2.28. The number of alkyl halides is 2. The Morgan fingerprint density at radius 3 is 2.87 bits per heavy atom. The first-order valence-corrected chi connectivity index (χ1v) is 9.99. The summed E-state index contributed by atoms with van der Waals surface area (Å²) in [5, 5.41) is 5.07. The van der Waals surface area contributed by atoms with Gasteiger partial charge in [-0.2, -0.15) is 0 Å². The van der Waals surface area contributed by atoms with Gasteiger partial charge in [-0.3, -0.25) is 14.4 Å². The zero-order valence-corrected chi connectivity index (χ0v) is 16.9. The van der Waals surface area contributed by atoms with Crippen molar-refractivity contribution in [2.75, 3.05) is 11.9 Å². The number of carbonyl (C=O) groups excluding carboxylic acids is 2. The van der Waals surface area contributed by atoms with Crippen LogP contribution in [0.5, 0.6) is 0 Å². The number of hydrogen-bond donors (Lipinski definition) is 2. The van der Waals surface area contributed by atoms with E-state index in [1.165, 1.54) is 6.07 Å². The summed E-state index contributed by atoms with van der Waals surface area (Å²) in [5.74, 6) is 3.74. The number of anilines is 1. The zero-order chi connectivity index (χ0) is 21.8. The number of hydrogen-bond acceptors (Lipinski definition) is 4. The molecule has 2 amide bonds. The van der Waals surface area contributed by atoms with Crippen molar-refractivity contribution >= 4 is 40.4 Å². The SMILES string of the molecule is O=C1C[C@H](C#Cc2cc(C(=O)Nc3cc(F)c(=O)n(CC(F)F)c3)sc2Cl)CCN1. The van der Waals surface area contributed by atoms with Crippen molar-refractivity contribution in [3.8, 4) is 11.8 Å². The molecule has 0 aliphatic carbocycles. The van der Waals surface area contributed by atoms with Crippen molar-refractivity contribution in [3.63, 3.8) is 0 Å². The van der Waals surface area contributed by atoms with E-state index in [1.54, 1.807) is 0 Å². The Balaban J connectivity index is 1.76. The lowest BCUT2D eigenvalue weighted by molar-refractivity contribution is -0.122. The summed E-state index contributed by atoms with van der Waals surface area (Å²) in [6.07, 6.45) is -0.907. The van der Waals surface area contributed by atoms with Crippen LogP contribution in [-0.2, 0) is 11.3 Å². The molecule has 0 unspecified atom stereocenters. The van der Waals surface area contributed by atoms with E-state index in [0.717, 1.165) is 23.6 Å². The molecule has 0 saturated carbocycles. The van der Waals surface area contributed by atoms with E-state index in [2.05, 4.69) is 22.5 Å². The first kappa shape index (κ1) is 21.9. The molecule has 0 aromatic carbocycles. The number of nitrogens with one attached hydrogen (secondary N) is 2. The molecule has 3 rings (SSSR count). The van der Waals surface area contributed by atoms with Crippen molar-refractivity contribution in [2.45, 2.75) is 25.8 Å². The first-order valence-electron chi connectivity index (χ1n) is 8.80. The van der Waals surface area contributed by atoms with E-state index in [1.807, 2.05) is 0 Å². The second-order valence-corrected chi connectivity index (χ2v) is 8.14. The summed E-state index contributed by atoms with van der Waals surface area (Å²) >= 11 is 7.08. The Hall–Kier alpha value is -2.77. The number of aromatic nitrogens is 1. The van der Waals surface area contributed by atoms with Gasteiger partial charge in [0.05, 0.1) is 22.7 Å². The first-order chi connectivity index (χ1) is 14.2. The molecule has 0 bridgehead atoms. The Morgan fingerprint density at radius 1 is 1.40 bits per heavy atom. The molecule has 1 saturated heterocycles. The third-order valence-electron chi connectivity index (χ3n) is 4.20. The van der Waals surface area contributed by atoms with E-state index >= 15 is 0 Å². The molecule has 1 aliphatic rings. The molecular weight excluding hydrogens is 443 g/mol. The third kappa shape index (κ3) is 5.43. The Labute approximate surface area is 178 Å². The minimum Gasteiger partial charge on any atom is -0.356 e. The van der Waals surface area contributed by atoms with Crippen LogP contribution in [0.3, 0.4) is 0 Å². The number of rotatable bonds is 4. The topological polar surface area (TPSA) is 80.2 Å². The highest BCUT2D eigenvalue weighted by molar-refractivity contribution is 7.18. The summed E-state index contributed by atoms with van der Waals surface area (Å²) in [6, 6.07) is 2.20. The fraction of sp³-hybridized carbons (Fsp3) is 0.316. The van der Waals surface area contributed by atoms with Crippen LogP contribution in [0.25, 0.3) is 0 Å². The molecule has 11 heteroatoms. The standard InChI is InChI=1S/C19H15ClF3N3O3S/c20-17-11(2-1-10-3-4-24-16(27)5-10)6-14(30-17)18(28)25-12-7-13(21)19(29)26(8-12)9-15(22)23/h6-8,10,15H,3-5,9H2,(H,24,27)(H,25,28)/t10-/m1/s1. The molecular formula is C19H15ClF3N3O3S. The van der Waals surface area contributed by atoms with E-state index in [4.69, 9.17) is 11.6 Å². The zero-order valence-electron chi connectivity index (χ0n) is 15.3. The smallest absolute Gasteiger partial charge is 0.286 e. The molecule has 1 atom stereocenters. The average Bonchev–Trinajstić information content (AvgIpc) is 3.04. The molecule has 3 heterocycles. The van der Waals surface area contributed by atoms with Crippen molar-refractivity contribution in [2.24, 2.45) is 5.92 Å². The number of pyridine rings is 1. The van der Waals surface area contributed by atoms with Crippen molar-refractivity contribution in [3.05, 3.63) is 49.3 Å². The van der Waals surface area contributed by atoms with Crippen LogP contribution in [0.2, 0.25) is 4.34 Å². The van der Waals surface area contributed by atoms with Gasteiger partial charge < -0.3 is 15.2 Å². The second kappa shape index (κ2) is 9.36. The highest BCUT2D eigenvalue weighted by Gasteiger charge is 2.18. The molecule has 0 radical (unpaired) electrons. The van der Waals surface area contributed by atoms with Gasteiger partial charge in [-0.25, -0.2) is 13.2 Å². The summed E-state index contributed by atoms with van der Waals surface area (Å²) < 4.78 is 39.6. The molecule has 158 valence electrons. The van der Waals surface area contributed by atoms with Gasteiger partial charge in [0, 0.05) is 31.1 Å². The maximum Gasteiger partial charge on any atom is 0.286 e. The molecule has 2 N–H and O–H groups in total. The predicted molar refractivity (Wildman–Crippen MR) is 107 cm³/mol. The van der Waals surface area contributed by atoms with E-state index in [-0.39, 0.29) is 26.7 Å². The minimum absolute atomic E-state index is 0.0718. The third-order valence-corrected chi connectivity index (χ3v) is 5.56. The van der Waals surface area contributed by atoms with Gasteiger partial charge in [-0.15, -0.1) is 11.3 Å². The van der Waals surface area contributed by atoms with E-state index in [0.29, 0.717) is 29.5 Å². The number of piperidine rings is 1. The Morgan fingerprint density at radius 2 is 2.17 bits per heavy atom. The van der Waals surface area contributed by atoms with Gasteiger partial charge in [-0.05, 0) is 12.5 Å². The van der Waals surface area contributed by atoms with Crippen LogP contribution in [0.15, 0.2) is 23.1 Å². The lowest BCUT2D eigenvalue weighted by atomic mass is 9.98. The number of halogens is 4. The minimum atomic E-state index is -2.86. The molecule has 6 nitrogen and oxygen atoms in total. The van der Waals surface area contributed by atoms with E-state index in [9.17, 15) is 27.6 Å². The van der Waals surface area contributed by atoms with Crippen LogP contribution < -0.4 is 16.2 Å². The molecule has 2 aromatic rings. The molecule has 1 fully saturated rings. The lowest BCUT2D eigenvalue weighted by Crippen LogP contribution is -2.32. The Bertz CT molecular complexity index is 1100. The fourth-order valence-corrected chi connectivity index (χ4v) is 3.88. The normalized spacial score (nSPS) is 16.0. The van der Waals surface area contributed by atoms with Gasteiger partial charge in [0.2, 0.25) is 5.91 Å². The van der Waals surface area contributed by atoms with Crippen molar-refractivity contribution < 1.29 is 22.8 Å². The summed E-state index contributed by atoms with van der Waals surface area (Å²) in [4.78, 5) is 35.6. The van der Waals surface area contributed by atoms with Crippen molar-refractivity contribution in [1.82, 2.24) is 9.88 Å². The molecule has 2 aromatic heterocycles. The lowest BCUT2D eigenvalue weighted by Gasteiger charge is -2.16. The number of thiophene rings is 1. The Kier molecular flexibility index (Phi) is 6.84. The van der Waals surface area contributed by atoms with Crippen molar-refractivity contribution in [1.29, 1.82) is 0 Å². The van der Waals surface area contributed by atoms with Crippen LogP contribution in [-0.4, -0.2) is 29.4 Å². The number of carbonyl (C=O) groups is 2. The maximum absolute atomic E-state index is 13.7. The van der Waals surface area contributed by atoms with Crippen LogP contribution in [0.1, 0.15) is 28.1 Å². The highest BCUT2D eigenvalue weighted by atomic mass is 35.5. The van der Waals surface area contributed by atoms with Crippen LogP contribution in [0, 0.1) is 23.6 Å². The van der Waals surface area contributed by atoms with Gasteiger partial charge in [-0.1, -0.05) is 23.4 Å². The summed E-state index contributed by atoms with van der Waals surface area (Å²) in [6.45, 7) is -0.448. The quantitative estimate of drug-likeness (QED) is 0.692. The van der Waals surface area contributed by atoms with Gasteiger partial charge in [0.1, 0.15) is 4.34 Å². The average molecular weight is 458 g/mol. The molecule has 0 spiro atoms. The summed E-state index contributed by atoms with van der Waals surface area (Å²) in [5.41, 5.74) is -0.948. The van der Waals surface area contributed by atoms with Crippen LogP contribution in [0.4, 0.5) is 18.9 Å². The second-order valence-electron chi connectivity index (χ2n) is 6.49. The number of nitrogens with zero attached hydrogens (tertiary/aromatic N) is 1. The van der Waals surface area contributed by atoms with Gasteiger partial charge >= 0.3 is 0 Å². The van der Waals surface area contributed by atoms with Gasteiger partial charge in [0.15, 0.2) is 5.82 Å². The monoisotopic (exact) mass is 457 g/mol. The largest absolute Gasteiger partial charge is 0.356 e. The molecule has 30 heavy (non-hydrogen) atoms. The molecule has 1 aliphatic heterocycles. The van der Waals surface area contributed by atoms with Crippen LogP contribution >= 0.6 is 22.9 Å². The predicted octanol–water partition coefficient (Wildman–Crippen LogP) is 3.10. The van der Waals surface area contributed by atoms with E-state index < -0.39 is 30.3 Å².